The highest BCUT2D eigenvalue weighted by Gasteiger charge is 2.14. The lowest BCUT2D eigenvalue weighted by molar-refractivity contribution is -0.119. The number of halogens is 1. The third-order valence-corrected chi connectivity index (χ3v) is 4.35. The van der Waals surface area contributed by atoms with Gasteiger partial charge < -0.3 is 4.42 Å². The number of carbonyl (C=O) groups excluding carboxylic acids is 3. The molecule has 0 aliphatic carbocycles. The van der Waals surface area contributed by atoms with E-state index in [0.29, 0.717) is 17.1 Å². The van der Waals surface area contributed by atoms with Crippen LogP contribution in [0.1, 0.15) is 39.2 Å². The molecule has 0 spiro atoms. The van der Waals surface area contributed by atoms with E-state index in [1.165, 1.54) is 19.1 Å². The highest BCUT2D eigenvalue weighted by Crippen LogP contribution is 2.22. The van der Waals surface area contributed by atoms with Gasteiger partial charge in [0, 0.05) is 10.5 Å². The predicted molar refractivity (Wildman–Crippen MR) is 90.9 cm³/mol. The van der Waals surface area contributed by atoms with Gasteiger partial charge >= 0.3 is 0 Å². The van der Waals surface area contributed by atoms with Crippen LogP contribution in [0.5, 0.6) is 0 Å². The Labute approximate surface area is 148 Å². The molecule has 2 aromatic rings. The molecular formula is C17H17FN2O4S. The van der Waals surface area contributed by atoms with Crippen molar-refractivity contribution in [3.63, 3.8) is 0 Å². The van der Waals surface area contributed by atoms with Gasteiger partial charge in [-0.05, 0) is 39.0 Å². The van der Waals surface area contributed by atoms with E-state index in [9.17, 15) is 18.8 Å². The molecule has 0 aliphatic heterocycles. The van der Waals surface area contributed by atoms with Gasteiger partial charge in [0.05, 0.1) is 11.3 Å². The van der Waals surface area contributed by atoms with Crippen LogP contribution < -0.4 is 10.9 Å². The maximum absolute atomic E-state index is 13.9. The molecule has 0 saturated heterocycles. The van der Waals surface area contributed by atoms with Gasteiger partial charge in [-0.15, -0.1) is 11.8 Å². The Morgan fingerprint density at radius 1 is 1.16 bits per heavy atom. The predicted octanol–water partition coefficient (Wildman–Crippen LogP) is 2.79. The van der Waals surface area contributed by atoms with Crippen LogP contribution in [0.4, 0.5) is 4.39 Å². The summed E-state index contributed by atoms with van der Waals surface area (Å²) in [7, 11) is 0. The third kappa shape index (κ3) is 4.93. The van der Waals surface area contributed by atoms with Crippen molar-refractivity contribution in [1.29, 1.82) is 0 Å². The van der Waals surface area contributed by atoms with Gasteiger partial charge in [0.25, 0.3) is 5.91 Å². The Hall–Kier alpha value is -2.61. The van der Waals surface area contributed by atoms with Gasteiger partial charge in [0.15, 0.2) is 5.78 Å². The monoisotopic (exact) mass is 364 g/mol. The molecule has 1 heterocycles. The summed E-state index contributed by atoms with van der Waals surface area (Å²) in [6.45, 7) is 4.71. The van der Waals surface area contributed by atoms with Gasteiger partial charge in [0.2, 0.25) is 5.91 Å². The molecule has 1 aromatic heterocycles. The number of amides is 2. The number of carbonyl (C=O) groups is 3. The lowest BCUT2D eigenvalue weighted by Crippen LogP contribution is -2.42. The summed E-state index contributed by atoms with van der Waals surface area (Å²) >= 11 is 0.962. The van der Waals surface area contributed by atoms with Crippen molar-refractivity contribution in [3.05, 3.63) is 52.7 Å². The molecule has 25 heavy (non-hydrogen) atoms. The molecule has 2 rings (SSSR count). The number of hydrogen-bond acceptors (Lipinski definition) is 5. The second-order valence-corrected chi connectivity index (χ2v) is 6.34. The number of hydrogen-bond donors (Lipinski definition) is 2. The van der Waals surface area contributed by atoms with E-state index in [4.69, 9.17) is 4.42 Å². The Morgan fingerprint density at radius 2 is 1.88 bits per heavy atom. The van der Waals surface area contributed by atoms with Crippen LogP contribution in [-0.2, 0) is 4.79 Å². The minimum atomic E-state index is -0.570. The maximum atomic E-state index is 13.9. The summed E-state index contributed by atoms with van der Waals surface area (Å²) in [6, 6.07) is 5.64. The fourth-order valence-electron chi connectivity index (χ4n) is 2.07. The highest BCUT2D eigenvalue weighted by atomic mass is 32.2. The lowest BCUT2D eigenvalue weighted by Gasteiger charge is -2.07. The number of thioether (sulfide) groups is 1. The van der Waals surface area contributed by atoms with Crippen LogP contribution in [0.2, 0.25) is 0 Å². The van der Waals surface area contributed by atoms with Crippen LogP contribution in [-0.4, -0.2) is 23.4 Å². The molecule has 0 radical (unpaired) electrons. The Bertz CT molecular complexity index is 832. The van der Waals surface area contributed by atoms with E-state index in [-0.39, 0.29) is 22.0 Å². The Morgan fingerprint density at radius 3 is 2.44 bits per heavy atom. The third-order valence-electron chi connectivity index (χ3n) is 3.30. The largest absolute Gasteiger partial charge is 0.466 e. The Balaban J connectivity index is 1.86. The molecule has 0 atom stereocenters. The van der Waals surface area contributed by atoms with Crippen LogP contribution in [0.25, 0.3) is 0 Å². The van der Waals surface area contributed by atoms with Crippen molar-refractivity contribution in [2.75, 3.05) is 5.75 Å². The molecule has 132 valence electrons. The number of hydrazine groups is 1. The molecule has 2 amide bonds. The first-order valence-corrected chi connectivity index (χ1v) is 8.36. The van der Waals surface area contributed by atoms with Crippen molar-refractivity contribution in [1.82, 2.24) is 10.9 Å². The number of benzene rings is 1. The summed E-state index contributed by atoms with van der Waals surface area (Å²) < 4.78 is 19.1. The van der Waals surface area contributed by atoms with Crippen LogP contribution in [0.3, 0.4) is 0 Å². The molecule has 0 fully saturated rings. The zero-order valence-electron chi connectivity index (χ0n) is 13.9. The van der Waals surface area contributed by atoms with Gasteiger partial charge in [-0.3, -0.25) is 25.2 Å². The summed E-state index contributed by atoms with van der Waals surface area (Å²) in [5.74, 6) is -0.851. The molecule has 6 nitrogen and oxygen atoms in total. The first kappa shape index (κ1) is 18.7. The minimum Gasteiger partial charge on any atom is -0.466 e. The molecule has 8 heteroatoms. The number of Topliss-reactive ketones (excluding diaryl/α,β-unsaturated/α-hetero) is 1. The number of nitrogens with one attached hydrogen (secondary N) is 2. The molecule has 0 aliphatic rings. The average molecular weight is 364 g/mol. The van der Waals surface area contributed by atoms with Crippen LogP contribution in [0.15, 0.2) is 33.6 Å². The van der Waals surface area contributed by atoms with Gasteiger partial charge in [-0.1, -0.05) is 6.07 Å². The van der Waals surface area contributed by atoms with Crippen molar-refractivity contribution in [2.45, 2.75) is 25.7 Å². The van der Waals surface area contributed by atoms with Gasteiger partial charge in [-0.2, -0.15) is 0 Å². The van der Waals surface area contributed by atoms with E-state index in [1.54, 1.807) is 19.9 Å². The average Bonchev–Trinajstić information content (AvgIpc) is 2.89. The number of rotatable bonds is 5. The summed E-state index contributed by atoms with van der Waals surface area (Å²) in [4.78, 5) is 35.1. The number of aryl methyl sites for hydroxylation is 2. The van der Waals surface area contributed by atoms with E-state index in [0.717, 1.165) is 17.8 Å². The second kappa shape index (κ2) is 7.98. The number of ketones is 1. The number of furan rings is 1. The smallest absolute Gasteiger partial charge is 0.273 e. The lowest BCUT2D eigenvalue weighted by atomic mass is 10.1. The van der Waals surface area contributed by atoms with Crippen molar-refractivity contribution in [3.8, 4) is 0 Å². The minimum absolute atomic E-state index is 0.0972. The summed E-state index contributed by atoms with van der Waals surface area (Å²) in [6.07, 6.45) is 0. The maximum Gasteiger partial charge on any atom is 0.273 e. The molecule has 2 N–H and O–H groups in total. The van der Waals surface area contributed by atoms with Crippen molar-refractivity contribution in [2.24, 2.45) is 0 Å². The molecular weight excluding hydrogens is 347 g/mol. The van der Waals surface area contributed by atoms with E-state index >= 15 is 0 Å². The molecule has 0 unspecified atom stereocenters. The van der Waals surface area contributed by atoms with E-state index in [1.807, 2.05) is 0 Å². The van der Waals surface area contributed by atoms with Crippen molar-refractivity contribution < 1.29 is 23.2 Å². The second-order valence-electron chi connectivity index (χ2n) is 5.32. The van der Waals surface area contributed by atoms with Gasteiger partial charge in [-0.25, -0.2) is 4.39 Å². The van der Waals surface area contributed by atoms with Crippen LogP contribution >= 0.6 is 11.8 Å². The van der Waals surface area contributed by atoms with E-state index in [2.05, 4.69) is 10.9 Å². The molecule has 0 saturated carbocycles. The first-order chi connectivity index (χ1) is 11.8. The normalized spacial score (nSPS) is 10.4. The summed E-state index contributed by atoms with van der Waals surface area (Å²) in [5, 5.41) is 0. The van der Waals surface area contributed by atoms with E-state index < -0.39 is 17.6 Å². The highest BCUT2D eigenvalue weighted by molar-refractivity contribution is 8.00. The fraction of sp³-hybridized carbons (Fsp3) is 0.235. The molecule has 0 bridgehead atoms. The zero-order chi connectivity index (χ0) is 18.6. The topological polar surface area (TPSA) is 88.4 Å². The first-order valence-electron chi connectivity index (χ1n) is 7.37. The quantitative estimate of drug-likeness (QED) is 0.484. The van der Waals surface area contributed by atoms with Crippen LogP contribution in [0, 0.1) is 19.7 Å². The Kier molecular flexibility index (Phi) is 5.97. The van der Waals surface area contributed by atoms with Gasteiger partial charge in [0.1, 0.15) is 17.3 Å². The zero-order valence-corrected chi connectivity index (χ0v) is 14.8. The standard InChI is InChI=1S/C17H17FN2O4S/c1-9-6-13(11(3)24-9)17(23)20-19-16(22)8-25-15-5-4-12(10(2)21)7-14(15)18/h4-7H,8H2,1-3H3,(H,19,22)(H,20,23). The fourth-order valence-corrected chi connectivity index (χ4v) is 2.79. The van der Waals surface area contributed by atoms with Crippen molar-refractivity contribution >= 4 is 29.4 Å². The summed E-state index contributed by atoms with van der Waals surface area (Å²) in [5.41, 5.74) is 5.13. The SMILES string of the molecule is CC(=O)c1ccc(SCC(=O)NNC(=O)c2cc(C)oc2C)c(F)c1. The molecule has 1 aromatic carbocycles.